The molecule has 4 aromatic rings. The number of nitrogens with one attached hydrogen (secondary N) is 1. The van der Waals surface area contributed by atoms with Crippen LogP contribution in [0.25, 0.3) is 11.0 Å². The number of carbonyl (C=O) groups is 1. The molecule has 0 spiro atoms. The normalized spacial score (nSPS) is 12.1. The van der Waals surface area contributed by atoms with E-state index in [1.165, 1.54) is 11.1 Å². The highest BCUT2D eigenvalue weighted by atomic mass is 16.5. The van der Waals surface area contributed by atoms with Crippen LogP contribution in [0.4, 0.5) is 0 Å². The van der Waals surface area contributed by atoms with Gasteiger partial charge in [0.25, 0.3) is 5.91 Å². The second-order valence-electron chi connectivity index (χ2n) is 9.08. The fraction of sp³-hybridized carbons (Fsp3) is 0.310. The molecule has 182 valence electrons. The fourth-order valence-electron chi connectivity index (χ4n) is 4.26. The number of ether oxygens (including phenoxy) is 2. The predicted molar refractivity (Wildman–Crippen MR) is 139 cm³/mol. The molecule has 1 atom stereocenters. The van der Waals surface area contributed by atoms with Gasteiger partial charge in [-0.2, -0.15) is 0 Å². The van der Waals surface area contributed by atoms with Gasteiger partial charge in [0, 0.05) is 5.56 Å². The summed E-state index contributed by atoms with van der Waals surface area (Å²) in [6.07, 6.45) is 0. The topological polar surface area (TPSA) is 65.4 Å². The lowest BCUT2D eigenvalue weighted by Gasteiger charge is -2.18. The number of aryl methyl sites for hydroxylation is 1. The van der Waals surface area contributed by atoms with E-state index in [0.29, 0.717) is 30.4 Å². The summed E-state index contributed by atoms with van der Waals surface area (Å²) >= 11 is 0. The van der Waals surface area contributed by atoms with E-state index in [1.54, 1.807) is 19.2 Å². The maximum Gasteiger partial charge on any atom is 0.251 e. The molecule has 0 aliphatic carbocycles. The number of carbonyl (C=O) groups excluding carboxylic acids is 1. The van der Waals surface area contributed by atoms with Gasteiger partial charge in [0.2, 0.25) is 0 Å². The summed E-state index contributed by atoms with van der Waals surface area (Å²) in [7, 11) is 1.59. The van der Waals surface area contributed by atoms with Crippen LogP contribution in [0.15, 0.2) is 66.7 Å². The Morgan fingerprint density at radius 3 is 2.60 bits per heavy atom. The molecule has 6 nitrogen and oxygen atoms in total. The quantitative estimate of drug-likeness (QED) is 0.323. The summed E-state index contributed by atoms with van der Waals surface area (Å²) < 4.78 is 13.7. The van der Waals surface area contributed by atoms with Crippen molar-refractivity contribution in [3.63, 3.8) is 0 Å². The molecule has 4 rings (SSSR count). The van der Waals surface area contributed by atoms with Gasteiger partial charge in [-0.1, -0.05) is 44.2 Å². The molecule has 0 saturated carbocycles. The van der Waals surface area contributed by atoms with Crippen LogP contribution in [0.1, 0.15) is 60.0 Å². The third-order valence-electron chi connectivity index (χ3n) is 6.11. The van der Waals surface area contributed by atoms with E-state index in [9.17, 15) is 4.79 Å². The molecule has 0 fully saturated rings. The highest BCUT2D eigenvalue weighted by molar-refractivity contribution is 5.94. The number of para-hydroxylation sites is 2. The number of imidazole rings is 1. The largest absolute Gasteiger partial charge is 0.497 e. The van der Waals surface area contributed by atoms with Crippen molar-refractivity contribution in [3.8, 4) is 11.5 Å². The summed E-state index contributed by atoms with van der Waals surface area (Å²) in [5.74, 6) is 2.56. The number of amides is 1. The van der Waals surface area contributed by atoms with Gasteiger partial charge in [-0.15, -0.1) is 0 Å². The van der Waals surface area contributed by atoms with Crippen LogP contribution < -0.4 is 14.8 Å². The first-order chi connectivity index (χ1) is 16.9. The average Bonchev–Trinajstić information content (AvgIpc) is 3.22. The highest BCUT2D eigenvalue weighted by Crippen LogP contribution is 2.28. The standard InChI is InChI=1S/C29H33N3O3/c1-19(2)24-14-13-20(3)17-27(24)35-16-15-32-26-12-7-6-11-25(26)31-28(32)21(4)30-29(33)22-9-8-10-23(18-22)34-5/h6-14,17-19,21H,15-16H2,1-5H3,(H,30,33). The maximum absolute atomic E-state index is 12.9. The predicted octanol–water partition coefficient (Wildman–Crippen LogP) is 6.05. The summed E-state index contributed by atoms with van der Waals surface area (Å²) in [4.78, 5) is 17.8. The molecule has 0 radical (unpaired) electrons. The molecule has 1 amide bonds. The first kappa shape index (κ1) is 24.3. The van der Waals surface area contributed by atoms with Crippen LogP contribution in [-0.4, -0.2) is 29.2 Å². The highest BCUT2D eigenvalue weighted by Gasteiger charge is 2.19. The van der Waals surface area contributed by atoms with Gasteiger partial charge in [-0.25, -0.2) is 4.98 Å². The smallest absolute Gasteiger partial charge is 0.251 e. The molecule has 6 heteroatoms. The number of nitrogens with zero attached hydrogens (tertiary/aromatic N) is 2. The maximum atomic E-state index is 12.9. The van der Waals surface area contributed by atoms with Gasteiger partial charge in [0.05, 0.1) is 30.7 Å². The van der Waals surface area contributed by atoms with Crippen molar-refractivity contribution < 1.29 is 14.3 Å². The number of methoxy groups -OCH3 is 1. The monoisotopic (exact) mass is 471 g/mol. The second kappa shape index (κ2) is 10.6. The van der Waals surface area contributed by atoms with Gasteiger partial charge in [0.15, 0.2) is 0 Å². The average molecular weight is 472 g/mol. The summed E-state index contributed by atoms with van der Waals surface area (Å²) in [6.45, 7) is 9.48. The van der Waals surface area contributed by atoms with Crippen molar-refractivity contribution in [1.29, 1.82) is 0 Å². The van der Waals surface area contributed by atoms with Gasteiger partial charge in [-0.05, 0) is 67.3 Å². The first-order valence-corrected chi connectivity index (χ1v) is 12.0. The molecule has 1 aromatic heterocycles. The minimum atomic E-state index is -0.300. The number of benzene rings is 3. The third kappa shape index (κ3) is 5.48. The van der Waals surface area contributed by atoms with Gasteiger partial charge in [0.1, 0.15) is 23.9 Å². The SMILES string of the molecule is COc1cccc(C(=O)NC(C)c2nc3ccccc3n2CCOc2cc(C)ccc2C(C)C)c1. The van der Waals surface area contributed by atoms with E-state index in [1.807, 2.05) is 37.3 Å². The zero-order valence-corrected chi connectivity index (χ0v) is 21.0. The Balaban J connectivity index is 1.55. The van der Waals surface area contributed by atoms with Crippen LogP contribution in [0.3, 0.4) is 0 Å². The van der Waals surface area contributed by atoms with Crippen LogP contribution >= 0.6 is 0 Å². The summed E-state index contributed by atoms with van der Waals surface area (Å²) in [5, 5.41) is 3.09. The Labute approximate surface area is 206 Å². The molecule has 35 heavy (non-hydrogen) atoms. The van der Waals surface area contributed by atoms with E-state index in [2.05, 4.69) is 54.9 Å². The zero-order chi connectivity index (χ0) is 24.9. The second-order valence-corrected chi connectivity index (χ2v) is 9.08. The molecule has 0 aliphatic heterocycles. The fourth-order valence-corrected chi connectivity index (χ4v) is 4.26. The molecule has 0 saturated heterocycles. The minimum absolute atomic E-state index is 0.174. The van der Waals surface area contributed by atoms with Gasteiger partial charge >= 0.3 is 0 Å². The van der Waals surface area contributed by atoms with E-state index in [4.69, 9.17) is 14.5 Å². The number of hydrogen-bond acceptors (Lipinski definition) is 4. The van der Waals surface area contributed by atoms with Crippen molar-refractivity contribution in [3.05, 3.63) is 89.2 Å². The van der Waals surface area contributed by atoms with E-state index in [0.717, 1.165) is 22.6 Å². The molecule has 1 heterocycles. The first-order valence-electron chi connectivity index (χ1n) is 12.0. The number of aromatic nitrogens is 2. The number of rotatable bonds is 9. The number of fused-ring (bicyclic) bond motifs is 1. The molecule has 1 unspecified atom stereocenters. The Bertz CT molecular complexity index is 1330. The Kier molecular flexibility index (Phi) is 7.39. The Hall–Kier alpha value is -3.80. The molecular weight excluding hydrogens is 438 g/mol. The van der Waals surface area contributed by atoms with Crippen LogP contribution in [-0.2, 0) is 6.54 Å². The molecule has 0 aliphatic rings. The van der Waals surface area contributed by atoms with Gasteiger partial charge in [-0.3, -0.25) is 4.79 Å². The van der Waals surface area contributed by atoms with Crippen LogP contribution in [0.2, 0.25) is 0 Å². The van der Waals surface area contributed by atoms with E-state index >= 15 is 0 Å². The summed E-state index contributed by atoms with van der Waals surface area (Å²) in [5.41, 5.74) is 4.82. The lowest BCUT2D eigenvalue weighted by molar-refractivity contribution is 0.0937. The number of hydrogen-bond donors (Lipinski definition) is 1. The van der Waals surface area contributed by atoms with E-state index in [-0.39, 0.29) is 11.9 Å². The van der Waals surface area contributed by atoms with Crippen molar-refractivity contribution in [1.82, 2.24) is 14.9 Å². The van der Waals surface area contributed by atoms with E-state index < -0.39 is 0 Å². The Morgan fingerprint density at radius 1 is 1.03 bits per heavy atom. The molecule has 0 bridgehead atoms. The lowest BCUT2D eigenvalue weighted by atomic mass is 10.0. The van der Waals surface area contributed by atoms with Crippen molar-refractivity contribution in [2.45, 2.75) is 46.2 Å². The molecular formula is C29H33N3O3. The molecule has 3 aromatic carbocycles. The summed E-state index contributed by atoms with van der Waals surface area (Å²) in [6, 6.07) is 21.2. The minimum Gasteiger partial charge on any atom is -0.497 e. The zero-order valence-electron chi connectivity index (χ0n) is 21.0. The Morgan fingerprint density at radius 2 is 1.83 bits per heavy atom. The van der Waals surface area contributed by atoms with Crippen LogP contribution in [0, 0.1) is 6.92 Å². The van der Waals surface area contributed by atoms with Crippen LogP contribution in [0.5, 0.6) is 11.5 Å². The third-order valence-corrected chi connectivity index (χ3v) is 6.11. The van der Waals surface area contributed by atoms with Crippen molar-refractivity contribution >= 4 is 16.9 Å². The molecule has 1 N–H and O–H groups in total. The lowest BCUT2D eigenvalue weighted by Crippen LogP contribution is -2.29. The van der Waals surface area contributed by atoms with Crippen molar-refractivity contribution in [2.75, 3.05) is 13.7 Å². The van der Waals surface area contributed by atoms with Gasteiger partial charge < -0.3 is 19.4 Å². The van der Waals surface area contributed by atoms with Crippen molar-refractivity contribution in [2.24, 2.45) is 0 Å².